The quantitative estimate of drug-likeness (QED) is 0.182. The summed E-state index contributed by atoms with van der Waals surface area (Å²) in [7, 11) is -4.04. The SMILES string of the molecule is O=c1cc(C(F)(F)F)c2cc(Cc3ccc(S(=O)(=O)Nc4ccc(-n5ccc(C(F)(F)F)n5)cc4)cc3)ccc2o1. The molecule has 0 spiro atoms. The third kappa shape index (κ3) is 6.11. The van der Waals surface area contributed by atoms with Crippen molar-refractivity contribution in [2.45, 2.75) is 23.7 Å². The lowest BCUT2D eigenvalue weighted by Gasteiger charge is -2.11. The number of nitrogens with zero attached hydrogens (tertiary/aromatic N) is 2. The van der Waals surface area contributed by atoms with Gasteiger partial charge < -0.3 is 4.42 Å². The highest BCUT2D eigenvalue weighted by Gasteiger charge is 2.34. The van der Waals surface area contributed by atoms with Crippen molar-refractivity contribution in [3.8, 4) is 5.69 Å². The van der Waals surface area contributed by atoms with Crippen LogP contribution in [0.4, 0.5) is 32.0 Å². The van der Waals surface area contributed by atoms with Crippen LogP contribution >= 0.6 is 0 Å². The van der Waals surface area contributed by atoms with Crippen molar-refractivity contribution >= 4 is 26.7 Å². The third-order valence-electron chi connectivity index (χ3n) is 6.02. The van der Waals surface area contributed by atoms with E-state index in [-0.39, 0.29) is 33.7 Å². The molecule has 0 atom stereocenters. The number of nitrogens with one attached hydrogen (secondary N) is 1. The summed E-state index contributed by atoms with van der Waals surface area (Å²) in [5, 5.41) is 3.19. The maximum absolute atomic E-state index is 13.4. The molecule has 0 aliphatic carbocycles. The van der Waals surface area contributed by atoms with E-state index in [0.29, 0.717) is 17.2 Å². The third-order valence-corrected chi connectivity index (χ3v) is 7.41. The first-order valence-corrected chi connectivity index (χ1v) is 13.2. The van der Waals surface area contributed by atoms with Crippen LogP contribution in [0, 0.1) is 0 Å². The Hall–Kier alpha value is -4.59. The van der Waals surface area contributed by atoms with E-state index in [2.05, 4.69) is 9.82 Å². The molecule has 5 rings (SSSR count). The number of sulfonamides is 1. The summed E-state index contributed by atoms with van der Waals surface area (Å²) >= 11 is 0. The first-order chi connectivity index (χ1) is 19.2. The van der Waals surface area contributed by atoms with E-state index in [0.717, 1.165) is 16.9 Å². The lowest BCUT2D eigenvalue weighted by molar-refractivity contribution is -0.141. The zero-order valence-corrected chi connectivity index (χ0v) is 21.3. The van der Waals surface area contributed by atoms with E-state index >= 15 is 0 Å². The molecule has 0 aliphatic rings. The Morgan fingerprint density at radius 2 is 1.46 bits per heavy atom. The van der Waals surface area contributed by atoms with Gasteiger partial charge in [0.1, 0.15) is 5.58 Å². The van der Waals surface area contributed by atoms with Crippen molar-refractivity contribution in [1.29, 1.82) is 0 Å². The lowest BCUT2D eigenvalue weighted by Crippen LogP contribution is -2.13. The minimum absolute atomic E-state index is 0.0909. The van der Waals surface area contributed by atoms with Crippen molar-refractivity contribution < 1.29 is 39.2 Å². The van der Waals surface area contributed by atoms with Gasteiger partial charge in [-0.05, 0) is 72.1 Å². The molecule has 0 unspecified atom stereocenters. The van der Waals surface area contributed by atoms with Gasteiger partial charge in [-0.15, -0.1) is 0 Å². The molecule has 14 heteroatoms. The van der Waals surface area contributed by atoms with Crippen molar-refractivity contribution in [2.24, 2.45) is 0 Å². The van der Waals surface area contributed by atoms with Gasteiger partial charge in [-0.25, -0.2) is 17.9 Å². The maximum Gasteiger partial charge on any atom is 0.435 e. The smallest absolute Gasteiger partial charge is 0.423 e. The van der Waals surface area contributed by atoms with Crippen LogP contribution in [0.15, 0.2) is 99.2 Å². The van der Waals surface area contributed by atoms with Crippen LogP contribution < -0.4 is 10.3 Å². The first-order valence-electron chi connectivity index (χ1n) is 11.7. The largest absolute Gasteiger partial charge is 0.435 e. The summed E-state index contributed by atoms with van der Waals surface area (Å²) in [6.07, 6.45) is -8.05. The number of benzene rings is 3. The molecular formula is C27H17F6N3O4S. The highest BCUT2D eigenvalue weighted by Crippen LogP contribution is 2.34. The van der Waals surface area contributed by atoms with Crippen molar-refractivity contribution in [3.63, 3.8) is 0 Å². The van der Waals surface area contributed by atoms with Crippen LogP contribution in [-0.4, -0.2) is 18.2 Å². The van der Waals surface area contributed by atoms with Crippen LogP contribution in [0.25, 0.3) is 16.7 Å². The lowest BCUT2D eigenvalue weighted by atomic mass is 10.0. The summed E-state index contributed by atoms with van der Waals surface area (Å²) in [6.45, 7) is 0. The number of hydrogen-bond acceptors (Lipinski definition) is 5. The molecule has 3 aromatic carbocycles. The van der Waals surface area contributed by atoms with E-state index in [1.807, 2.05) is 0 Å². The van der Waals surface area contributed by atoms with E-state index < -0.39 is 39.3 Å². The van der Waals surface area contributed by atoms with Crippen LogP contribution in [0.3, 0.4) is 0 Å². The Labute approximate surface area is 227 Å². The fourth-order valence-corrected chi connectivity index (χ4v) is 5.15. The predicted molar refractivity (Wildman–Crippen MR) is 136 cm³/mol. The molecule has 212 valence electrons. The van der Waals surface area contributed by atoms with Gasteiger partial charge in [0.25, 0.3) is 10.0 Å². The zero-order chi connectivity index (χ0) is 29.6. The van der Waals surface area contributed by atoms with Crippen molar-refractivity contribution in [3.05, 3.63) is 118 Å². The standard InChI is InChI=1S/C27H17F6N3O4S/c28-26(29,30)22-15-25(37)40-23-10-3-17(14-21(22)23)13-16-1-8-20(9-2-16)41(38,39)35-18-4-6-19(7-5-18)36-12-11-24(34-36)27(31,32)33/h1-12,14-15,35H,13H2. The van der Waals surface area contributed by atoms with Crippen molar-refractivity contribution in [2.75, 3.05) is 4.72 Å². The second-order valence-corrected chi connectivity index (χ2v) is 10.6. The normalized spacial score (nSPS) is 12.5. The molecule has 7 nitrogen and oxygen atoms in total. The molecule has 41 heavy (non-hydrogen) atoms. The molecule has 1 N–H and O–H groups in total. The minimum atomic E-state index is -4.76. The van der Waals surface area contributed by atoms with E-state index in [1.54, 1.807) is 0 Å². The Morgan fingerprint density at radius 3 is 2.07 bits per heavy atom. The molecule has 2 heterocycles. The number of aromatic nitrogens is 2. The van der Waals surface area contributed by atoms with Gasteiger partial charge in [-0.3, -0.25) is 4.72 Å². The number of fused-ring (bicyclic) bond motifs is 1. The molecule has 0 bridgehead atoms. The highest BCUT2D eigenvalue weighted by molar-refractivity contribution is 7.92. The second-order valence-electron chi connectivity index (χ2n) is 8.92. The minimum Gasteiger partial charge on any atom is -0.423 e. The zero-order valence-electron chi connectivity index (χ0n) is 20.5. The predicted octanol–water partition coefficient (Wildman–Crippen LogP) is 6.41. The van der Waals surface area contributed by atoms with Crippen LogP contribution in [0.1, 0.15) is 22.4 Å². The molecule has 5 aromatic rings. The average molecular weight is 594 g/mol. The van der Waals surface area contributed by atoms with E-state index in [4.69, 9.17) is 4.42 Å². The number of halogens is 6. The fourth-order valence-electron chi connectivity index (χ4n) is 4.09. The molecule has 0 saturated heterocycles. The fraction of sp³-hybridized carbons (Fsp3) is 0.111. The van der Waals surface area contributed by atoms with E-state index in [1.165, 1.54) is 66.7 Å². The van der Waals surface area contributed by atoms with Crippen LogP contribution in [0.5, 0.6) is 0 Å². The summed E-state index contributed by atoms with van der Waals surface area (Å²) < 4.78 is 113. The van der Waals surface area contributed by atoms with Gasteiger partial charge in [0.2, 0.25) is 0 Å². The Balaban J connectivity index is 1.30. The second kappa shape index (κ2) is 10.1. The van der Waals surface area contributed by atoms with Gasteiger partial charge in [-0.2, -0.15) is 31.4 Å². The number of rotatable bonds is 6. The Kier molecular flexibility index (Phi) is 6.89. The van der Waals surface area contributed by atoms with E-state index in [9.17, 15) is 39.6 Å². The van der Waals surface area contributed by atoms with Gasteiger partial charge in [0.15, 0.2) is 5.69 Å². The van der Waals surface area contributed by atoms with Crippen LogP contribution in [-0.2, 0) is 28.8 Å². The molecule has 0 radical (unpaired) electrons. The van der Waals surface area contributed by atoms with Crippen LogP contribution in [0.2, 0.25) is 0 Å². The Bertz CT molecular complexity index is 1890. The summed E-state index contributed by atoms with van der Waals surface area (Å²) in [5.74, 6) is 0. The van der Waals surface area contributed by atoms with Gasteiger partial charge in [0, 0.05) is 23.3 Å². The summed E-state index contributed by atoms with van der Waals surface area (Å²) in [6, 6.07) is 16.5. The van der Waals surface area contributed by atoms with Crippen molar-refractivity contribution in [1.82, 2.24) is 9.78 Å². The molecular weight excluding hydrogens is 576 g/mol. The summed E-state index contributed by atoms with van der Waals surface area (Å²) in [4.78, 5) is 11.4. The van der Waals surface area contributed by atoms with Gasteiger partial charge in [0.05, 0.1) is 16.1 Å². The molecule has 0 fully saturated rings. The molecule has 0 saturated carbocycles. The van der Waals surface area contributed by atoms with Gasteiger partial charge in [-0.1, -0.05) is 18.2 Å². The number of alkyl halides is 6. The Morgan fingerprint density at radius 1 is 0.805 bits per heavy atom. The molecule has 0 amide bonds. The maximum atomic E-state index is 13.4. The topological polar surface area (TPSA) is 94.2 Å². The molecule has 2 aromatic heterocycles. The van der Waals surface area contributed by atoms with Gasteiger partial charge >= 0.3 is 18.0 Å². The summed E-state index contributed by atoms with van der Waals surface area (Å²) in [5.41, 5.74) is -1.97. The molecule has 0 aliphatic heterocycles. The monoisotopic (exact) mass is 593 g/mol. The highest BCUT2D eigenvalue weighted by atomic mass is 32.2. The average Bonchev–Trinajstić information content (AvgIpc) is 3.40. The number of anilines is 1. The first kappa shape index (κ1) is 28.0. The number of hydrogen-bond donors (Lipinski definition) is 1.